The van der Waals surface area contributed by atoms with Crippen LogP contribution in [0, 0.1) is 24.5 Å². The van der Waals surface area contributed by atoms with Crippen LogP contribution in [-0.4, -0.2) is 130 Å². The molecular formula is C42H47ClF2N9O6+. The summed E-state index contributed by atoms with van der Waals surface area (Å²) in [5.41, 5.74) is 2.34. The lowest BCUT2D eigenvalue weighted by Gasteiger charge is -2.36. The second-order valence-electron chi connectivity index (χ2n) is 15.2. The summed E-state index contributed by atoms with van der Waals surface area (Å²) in [6.45, 7) is 5.90. The third-order valence-electron chi connectivity index (χ3n) is 10.7. The number of methoxy groups -OCH3 is 2. The number of hydrogen-bond acceptors (Lipinski definition) is 9. The summed E-state index contributed by atoms with van der Waals surface area (Å²) < 4.78 is 44.3. The van der Waals surface area contributed by atoms with Crippen molar-refractivity contribution in [3.63, 3.8) is 0 Å². The number of anilines is 1. The third-order valence-corrected chi connectivity index (χ3v) is 11.0. The predicted molar refractivity (Wildman–Crippen MR) is 219 cm³/mol. The average molecular weight is 847 g/mol. The van der Waals surface area contributed by atoms with Crippen LogP contribution in [0.5, 0.6) is 5.88 Å². The summed E-state index contributed by atoms with van der Waals surface area (Å²) in [7, 11) is 8.63. The van der Waals surface area contributed by atoms with Gasteiger partial charge in [0.25, 0.3) is 18.3 Å². The van der Waals surface area contributed by atoms with Crippen LogP contribution in [0.4, 0.5) is 14.5 Å². The number of aromatic nitrogens is 5. The number of hydrogen-bond donors (Lipinski definition) is 1. The molecule has 2 saturated heterocycles. The maximum absolute atomic E-state index is 15.7. The number of aryl methyl sites for hydroxylation is 1. The predicted octanol–water partition coefficient (Wildman–Crippen LogP) is 5.06. The van der Waals surface area contributed by atoms with E-state index in [0.717, 1.165) is 24.0 Å². The van der Waals surface area contributed by atoms with E-state index in [4.69, 9.17) is 21.1 Å². The molecule has 0 radical (unpaired) electrons. The van der Waals surface area contributed by atoms with Crippen LogP contribution >= 0.6 is 11.6 Å². The number of imidazole rings is 1. The van der Waals surface area contributed by atoms with Crippen molar-refractivity contribution in [2.75, 3.05) is 72.9 Å². The van der Waals surface area contributed by atoms with Gasteiger partial charge in [-0.15, -0.1) is 0 Å². The number of piperazine rings is 1. The summed E-state index contributed by atoms with van der Waals surface area (Å²) >= 11 is 6.55. The number of nitrogens with zero attached hydrogens (tertiary/aromatic N) is 8. The van der Waals surface area contributed by atoms with Gasteiger partial charge >= 0.3 is 0 Å². The van der Waals surface area contributed by atoms with Gasteiger partial charge in [-0.25, -0.2) is 18.7 Å². The van der Waals surface area contributed by atoms with Crippen LogP contribution in [0.15, 0.2) is 60.9 Å². The highest BCUT2D eigenvalue weighted by atomic mass is 35.5. The number of benzene rings is 2. The van der Waals surface area contributed by atoms with Gasteiger partial charge in [0.1, 0.15) is 0 Å². The summed E-state index contributed by atoms with van der Waals surface area (Å²) in [5, 5.41) is 7.34. The number of amides is 3. The Labute approximate surface area is 351 Å². The topological polar surface area (TPSA) is 154 Å². The van der Waals surface area contributed by atoms with E-state index in [0.29, 0.717) is 67.7 Å². The highest BCUT2D eigenvalue weighted by Crippen LogP contribution is 2.33. The summed E-state index contributed by atoms with van der Waals surface area (Å²) in [6, 6.07) is 12.8. The van der Waals surface area contributed by atoms with Crippen molar-refractivity contribution in [1.82, 2.24) is 34.1 Å². The Bertz CT molecular complexity index is 2410. The van der Waals surface area contributed by atoms with Crippen molar-refractivity contribution in [3.05, 3.63) is 100 Å². The van der Waals surface area contributed by atoms with Crippen molar-refractivity contribution < 1.29 is 41.9 Å². The molecular weight excluding hydrogens is 800 g/mol. The van der Waals surface area contributed by atoms with E-state index in [1.165, 1.54) is 50.2 Å². The zero-order valence-corrected chi connectivity index (χ0v) is 35.0. The molecule has 5 heterocycles. The van der Waals surface area contributed by atoms with Crippen LogP contribution in [0.2, 0.25) is 5.02 Å². The van der Waals surface area contributed by atoms with Gasteiger partial charge in [-0.2, -0.15) is 5.10 Å². The van der Waals surface area contributed by atoms with E-state index >= 15 is 8.78 Å². The molecule has 3 amide bonds. The Morgan fingerprint density at radius 1 is 0.983 bits per heavy atom. The van der Waals surface area contributed by atoms with Crippen molar-refractivity contribution >= 4 is 41.5 Å². The Morgan fingerprint density at radius 2 is 1.67 bits per heavy atom. The lowest BCUT2D eigenvalue weighted by Crippen LogP contribution is -2.52. The van der Waals surface area contributed by atoms with E-state index in [9.17, 15) is 14.4 Å². The highest BCUT2D eigenvalue weighted by Gasteiger charge is 2.38. The molecule has 1 atom stereocenters. The first-order chi connectivity index (χ1) is 28.6. The number of rotatable bonds is 10. The normalized spacial score (nSPS) is 15.8. The van der Waals surface area contributed by atoms with Crippen molar-refractivity contribution in [1.29, 1.82) is 0 Å². The molecule has 0 saturated carbocycles. The lowest BCUT2D eigenvalue weighted by molar-refractivity contribution is -0.878. The first-order valence-corrected chi connectivity index (χ1v) is 19.5. The lowest BCUT2D eigenvalue weighted by atomic mass is 10.0. The molecule has 2 aromatic carbocycles. The molecule has 60 heavy (non-hydrogen) atoms. The fourth-order valence-corrected chi connectivity index (χ4v) is 7.77. The van der Waals surface area contributed by atoms with E-state index in [-0.39, 0.29) is 51.0 Å². The fraction of sp³-hybridized carbons (Fsp3) is 0.357. The Kier molecular flexibility index (Phi) is 13.3. The molecule has 0 aliphatic carbocycles. The van der Waals surface area contributed by atoms with E-state index in [2.05, 4.69) is 39.2 Å². The standard InChI is InChI=1S/C40H42ClF2N9O4.C2H4O2/c1-24-31(22-51(47-24)21-27-7-6-8-34(45-27)56-5)28-11-12-30(36(43)35(28)42)33-20-44-37(48(33)2)38(53)46-26-9-10-29(32(41)19-26)40(55)50-16-14-49(15-17-50)39(54)25-13-18-52(3,4)23-25;1-4-2-3/h6-12,19-20,22,25H,13-18,21,23H2,1-5H3;2H,1H3/p+1. The quantitative estimate of drug-likeness (QED) is 0.150. The molecule has 0 bridgehead atoms. The SMILES string of the molecule is COC=O.COc1cccc(Cn2cc(-c3ccc(-c4cnc(C(=O)Nc5ccc(C(=O)N6CCN(C(=O)C7CC[N+](C)(C)C7)CC6)c(Cl)c5)n4C)c(F)c3F)c(C)n2)n1. The smallest absolute Gasteiger partial charge is 0.292 e. The molecule has 2 fully saturated rings. The van der Waals surface area contributed by atoms with Gasteiger partial charge in [0.2, 0.25) is 11.8 Å². The summed E-state index contributed by atoms with van der Waals surface area (Å²) in [4.78, 5) is 60.9. The van der Waals surface area contributed by atoms with Crippen LogP contribution in [0.3, 0.4) is 0 Å². The molecule has 7 rings (SSSR count). The van der Waals surface area contributed by atoms with Gasteiger partial charge < -0.3 is 33.6 Å². The van der Waals surface area contributed by atoms with E-state index in [1.54, 1.807) is 40.9 Å². The summed E-state index contributed by atoms with van der Waals surface area (Å²) in [6.07, 6.45) is 3.81. The average Bonchev–Trinajstić information content (AvgIpc) is 3.93. The molecule has 2 aliphatic rings. The molecule has 316 valence electrons. The Balaban J connectivity index is 0.00000144. The Morgan fingerprint density at radius 3 is 2.32 bits per heavy atom. The first kappa shape index (κ1) is 43.4. The fourth-order valence-electron chi connectivity index (χ4n) is 7.51. The number of nitrogens with one attached hydrogen (secondary N) is 1. The van der Waals surface area contributed by atoms with Crippen LogP contribution < -0.4 is 10.1 Å². The van der Waals surface area contributed by atoms with E-state index < -0.39 is 17.5 Å². The second kappa shape index (κ2) is 18.4. The van der Waals surface area contributed by atoms with Crippen LogP contribution in [0.25, 0.3) is 22.4 Å². The van der Waals surface area contributed by atoms with Gasteiger partial charge in [-0.1, -0.05) is 23.7 Å². The number of likely N-dealkylation sites (tertiary alicyclic amines) is 1. The monoisotopic (exact) mass is 846 g/mol. The van der Waals surface area contributed by atoms with Gasteiger partial charge in [0.15, 0.2) is 17.5 Å². The number of ether oxygens (including phenoxy) is 2. The summed E-state index contributed by atoms with van der Waals surface area (Å²) in [5.74, 6) is -2.48. The Hall–Kier alpha value is -6.20. The third kappa shape index (κ3) is 9.47. The van der Waals surface area contributed by atoms with Gasteiger partial charge in [0.05, 0.1) is 87.7 Å². The van der Waals surface area contributed by atoms with Crippen molar-refractivity contribution in [2.45, 2.75) is 19.9 Å². The number of halogens is 3. The van der Waals surface area contributed by atoms with Crippen molar-refractivity contribution in [3.8, 4) is 28.3 Å². The highest BCUT2D eigenvalue weighted by molar-refractivity contribution is 6.34. The number of carbonyl (C=O) groups excluding carboxylic acids is 4. The molecule has 1 unspecified atom stereocenters. The zero-order chi connectivity index (χ0) is 43.3. The largest absolute Gasteiger partial charge is 0.481 e. The number of pyridine rings is 1. The van der Waals surface area contributed by atoms with Crippen molar-refractivity contribution in [2.24, 2.45) is 13.0 Å². The van der Waals surface area contributed by atoms with Crippen LogP contribution in [0.1, 0.15) is 38.8 Å². The minimum Gasteiger partial charge on any atom is -0.481 e. The molecule has 15 nitrogen and oxygen atoms in total. The number of carbonyl (C=O) groups is 4. The zero-order valence-electron chi connectivity index (χ0n) is 34.2. The second-order valence-corrected chi connectivity index (χ2v) is 15.6. The minimum atomic E-state index is -1.10. The molecule has 5 aromatic rings. The maximum atomic E-state index is 15.7. The first-order valence-electron chi connectivity index (χ1n) is 19.2. The number of quaternary nitrogens is 1. The maximum Gasteiger partial charge on any atom is 0.292 e. The molecule has 2 aliphatic heterocycles. The molecule has 3 aromatic heterocycles. The molecule has 1 N–H and O–H groups in total. The molecule has 0 spiro atoms. The molecule has 18 heteroatoms. The van der Waals surface area contributed by atoms with Gasteiger partial charge in [0, 0.05) is 74.3 Å². The minimum absolute atomic E-state index is 0.0141. The van der Waals surface area contributed by atoms with Gasteiger partial charge in [-0.05, 0) is 37.3 Å². The van der Waals surface area contributed by atoms with Gasteiger partial charge in [-0.3, -0.25) is 23.9 Å². The van der Waals surface area contributed by atoms with Crippen LogP contribution in [-0.2, 0) is 27.9 Å². The van der Waals surface area contributed by atoms with E-state index in [1.807, 2.05) is 17.0 Å².